The lowest BCUT2D eigenvalue weighted by molar-refractivity contribution is -0.131. The van der Waals surface area contributed by atoms with Crippen LogP contribution in [0.25, 0.3) is 0 Å². The Kier molecular flexibility index (Phi) is 3.54. The lowest BCUT2D eigenvalue weighted by Gasteiger charge is -2.28. The van der Waals surface area contributed by atoms with Gasteiger partial charge in [-0.15, -0.1) is 0 Å². The number of rotatable bonds is 2. The second-order valence-electron chi connectivity index (χ2n) is 4.36. The first-order valence-electron chi connectivity index (χ1n) is 5.70. The van der Waals surface area contributed by atoms with Gasteiger partial charge in [0, 0.05) is 25.0 Å². The van der Waals surface area contributed by atoms with Crippen LogP contribution in [-0.4, -0.2) is 32.1 Å². The van der Waals surface area contributed by atoms with Crippen LogP contribution >= 0.6 is 0 Å². The van der Waals surface area contributed by atoms with Gasteiger partial charge in [-0.3, -0.25) is 4.79 Å². The molecule has 0 saturated carbocycles. The smallest absolute Gasteiger partial charge is 0.142 e. The molecular weight excluding hydrogens is 178 g/mol. The molecule has 0 aromatic heterocycles. The van der Waals surface area contributed by atoms with Crippen LogP contribution in [0.5, 0.6) is 0 Å². The summed E-state index contributed by atoms with van der Waals surface area (Å²) >= 11 is 0. The van der Waals surface area contributed by atoms with Crippen LogP contribution in [0.2, 0.25) is 0 Å². The average Bonchev–Trinajstić information content (AvgIpc) is 2.30. The number of nitrogens with one attached hydrogen (secondary N) is 1. The van der Waals surface area contributed by atoms with Crippen molar-refractivity contribution in [2.75, 3.05) is 26.3 Å². The fraction of sp³-hybridized carbons (Fsp3) is 0.909. The lowest BCUT2D eigenvalue weighted by atomic mass is 9.85. The van der Waals surface area contributed by atoms with Gasteiger partial charge in [-0.2, -0.15) is 0 Å². The molecule has 2 heterocycles. The molecule has 2 saturated heterocycles. The largest absolute Gasteiger partial charge is 0.381 e. The molecular formula is C11H19NO2. The third-order valence-corrected chi connectivity index (χ3v) is 3.26. The highest BCUT2D eigenvalue weighted by Crippen LogP contribution is 2.22. The van der Waals surface area contributed by atoms with Crippen LogP contribution < -0.4 is 5.32 Å². The van der Waals surface area contributed by atoms with Gasteiger partial charge in [0.25, 0.3) is 0 Å². The van der Waals surface area contributed by atoms with Crippen LogP contribution in [0.15, 0.2) is 0 Å². The van der Waals surface area contributed by atoms with Gasteiger partial charge in [-0.25, -0.2) is 0 Å². The molecule has 3 nitrogen and oxygen atoms in total. The van der Waals surface area contributed by atoms with Crippen molar-refractivity contribution in [3.05, 3.63) is 0 Å². The second kappa shape index (κ2) is 4.89. The Labute approximate surface area is 85.2 Å². The van der Waals surface area contributed by atoms with Gasteiger partial charge in [-0.1, -0.05) is 0 Å². The van der Waals surface area contributed by atoms with E-state index in [2.05, 4.69) is 5.32 Å². The standard InChI is InChI=1S/C11H19NO2/c13-11(9-3-1-5-12-7-9)10-4-2-6-14-8-10/h9-10,12H,1-8H2. The predicted molar refractivity (Wildman–Crippen MR) is 54.1 cm³/mol. The number of ether oxygens (including phenoxy) is 1. The van der Waals surface area contributed by atoms with Gasteiger partial charge < -0.3 is 10.1 Å². The maximum atomic E-state index is 12.0. The summed E-state index contributed by atoms with van der Waals surface area (Å²) < 4.78 is 5.35. The molecule has 0 aromatic carbocycles. The van der Waals surface area contributed by atoms with Crippen LogP contribution in [0.1, 0.15) is 25.7 Å². The molecule has 2 atom stereocenters. The lowest BCUT2D eigenvalue weighted by Crippen LogP contribution is -2.39. The Morgan fingerprint density at radius 2 is 2.07 bits per heavy atom. The Hall–Kier alpha value is -0.410. The highest BCUT2D eigenvalue weighted by Gasteiger charge is 2.29. The minimum Gasteiger partial charge on any atom is -0.381 e. The van der Waals surface area contributed by atoms with Crippen LogP contribution in [0.3, 0.4) is 0 Å². The summed E-state index contributed by atoms with van der Waals surface area (Å²) in [7, 11) is 0. The van der Waals surface area contributed by atoms with Crippen molar-refractivity contribution in [2.45, 2.75) is 25.7 Å². The topological polar surface area (TPSA) is 38.3 Å². The van der Waals surface area contributed by atoms with E-state index in [9.17, 15) is 4.79 Å². The minimum atomic E-state index is 0.189. The number of carbonyl (C=O) groups is 1. The van der Waals surface area contributed by atoms with Gasteiger partial charge in [0.1, 0.15) is 5.78 Å². The van der Waals surface area contributed by atoms with Crippen LogP contribution in [0, 0.1) is 11.8 Å². The van der Waals surface area contributed by atoms with Gasteiger partial charge >= 0.3 is 0 Å². The van der Waals surface area contributed by atoms with Crippen molar-refractivity contribution < 1.29 is 9.53 Å². The van der Waals surface area contributed by atoms with Gasteiger partial charge in [0.2, 0.25) is 0 Å². The van der Waals surface area contributed by atoms with E-state index in [1.807, 2.05) is 0 Å². The number of Topliss-reactive ketones (excluding diaryl/α,β-unsaturated/α-hetero) is 1. The van der Waals surface area contributed by atoms with Crippen molar-refractivity contribution >= 4 is 5.78 Å². The number of ketones is 1. The molecule has 0 amide bonds. The summed E-state index contributed by atoms with van der Waals surface area (Å²) in [5, 5.41) is 3.29. The minimum absolute atomic E-state index is 0.189. The molecule has 0 aromatic rings. The van der Waals surface area contributed by atoms with Gasteiger partial charge in [-0.05, 0) is 32.2 Å². The number of hydrogen-bond acceptors (Lipinski definition) is 3. The van der Waals surface area contributed by atoms with Gasteiger partial charge in [0.05, 0.1) is 6.61 Å². The summed E-state index contributed by atoms with van der Waals surface area (Å²) in [5.74, 6) is 0.890. The zero-order valence-corrected chi connectivity index (χ0v) is 8.63. The molecule has 0 radical (unpaired) electrons. The zero-order chi connectivity index (χ0) is 9.80. The average molecular weight is 197 g/mol. The molecule has 0 aliphatic carbocycles. The summed E-state index contributed by atoms with van der Waals surface area (Å²) in [4.78, 5) is 12.0. The highest BCUT2D eigenvalue weighted by molar-refractivity contribution is 5.83. The molecule has 2 fully saturated rings. The van der Waals surface area contributed by atoms with Crippen molar-refractivity contribution in [3.8, 4) is 0 Å². The fourth-order valence-corrected chi connectivity index (χ4v) is 2.39. The first-order chi connectivity index (χ1) is 6.88. The van der Waals surface area contributed by atoms with Crippen molar-refractivity contribution in [3.63, 3.8) is 0 Å². The third kappa shape index (κ3) is 2.34. The SMILES string of the molecule is O=C(C1CCCNC1)C1CCCOC1. The molecule has 1 N–H and O–H groups in total. The van der Waals surface area contributed by atoms with E-state index in [1.165, 1.54) is 0 Å². The molecule has 2 aliphatic heterocycles. The van der Waals surface area contributed by atoms with E-state index in [-0.39, 0.29) is 11.8 Å². The summed E-state index contributed by atoms with van der Waals surface area (Å²) in [6, 6.07) is 0. The zero-order valence-electron chi connectivity index (χ0n) is 8.63. The van der Waals surface area contributed by atoms with E-state index in [0.29, 0.717) is 12.4 Å². The predicted octanol–water partition coefficient (Wildman–Crippen LogP) is 0.982. The van der Waals surface area contributed by atoms with E-state index in [1.54, 1.807) is 0 Å². The summed E-state index contributed by atoms with van der Waals surface area (Å²) in [6.45, 7) is 3.46. The van der Waals surface area contributed by atoms with E-state index in [0.717, 1.165) is 45.4 Å². The Morgan fingerprint density at radius 3 is 2.71 bits per heavy atom. The first-order valence-corrected chi connectivity index (χ1v) is 5.70. The molecule has 0 bridgehead atoms. The molecule has 14 heavy (non-hydrogen) atoms. The van der Waals surface area contributed by atoms with Crippen LogP contribution in [-0.2, 0) is 9.53 Å². The Morgan fingerprint density at radius 1 is 1.21 bits per heavy atom. The monoisotopic (exact) mass is 197 g/mol. The molecule has 80 valence electrons. The highest BCUT2D eigenvalue weighted by atomic mass is 16.5. The first kappa shape index (κ1) is 10.1. The number of hydrogen-bond donors (Lipinski definition) is 1. The van der Waals surface area contributed by atoms with Gasteiger partial charge in [0.15, 0.2) is 0 Å². The third-order valence-electron chi connectivity index (χ3n) is 3.26. The Balaban J connectivity index is 1.85. The molecule has 2 aliphatic rings. The fourth-order valence-electron chi connectivity index (χ4n) is 2.39. The number of carbonyl (C=O) groups excluding carboxylic acids is 1. The molecule has 2 rings (SSSR count). The summed E-state index contributed by atoms with van der Waals surface area (Å²) in [5.41, 5.74) is 0. The second-order valence-corrected chi connectivity index (χ2v) is 4.36. The maximum Gasteiger partial charge on any atom is 0.142 e. The van der Waals surface area contributed by atoms with E-state index >= 15 is 0 Å². The molecule has 0 spiro atoms. The van der Waals surface area contributed by atoms with E-state index in [4.69, 9.17) is 4.74 Å². The number of piperidine rings is 1. The maximum absolute atomic E-state index is 12.0. The summed E-state index contributed by atoms with van der Waals surface area (Å²) in [6.07, 6.45) is 4.30. The van der Waals surface area contributed by atoms with Crippen molar-refractivity contribution in [2.24, 2.45) is 11.8 Å². The van der Waals surface area contributed by atoms with Crippen molar-refractivity contribution in [1.82, 2.24) is 5.32 Å². The molecule has 3 heteroatoms. The Bertz CT molecular complexity index is 173. The van der Waals surface area contributed by atoms with Crippen molar-refractivity contribution in [1.29, 1.82) is 0 Å². The normalized spacial score (nSPS) is 34.0. The van der Waals surface area contributed by atoms with E-state index < -0.39 is 0 Å². The quantitative estimate of drug-likeness (QED) is 0.717. The molecule has 2 unspecified atom stereocenters. The van der Waals surface area contributed by atoms with Crippen LogP contribution in [0.4, 0.5) is 0 Å².